The van der Waals surface area contributed by atoms with Crippen molar-refractivity contribution in [2.45, 2.75) is 17.2 Å². The summed E-state index contributed by atoms with van der Waals surface area (Å²) in [5.41, 5.74) is 6.23. The van der Waals surface area contributed by atoms with Crippen LogP contribution in [0.25, 0.3) is 0 Å². The molecule has 112 valence electrons. The Balaban J connectivity index is 2.32. The van der Waals surface area contributed by atoms with Gasteiger partial charge in [0.25, 0.3) is 0 Å². The molecule has 0 unspecified atom stereocenters. The third kappa shape index (κ3) is 3.59. The summed E-state index contributed by atoms with van der Waals surface area (Å²) in [5.74, 6) is -0.175. The zero-order valence-corrected chi connectivity index (χ0v) is 12.4. The van der Waals surface area contributed by atoms with E-state index in [0.29, 0.717) is 16.9 Å². The molecule has 0 aliphatic carbocycles. The van der Waals surface area contributed by atoms with Crippen LogP contribution in [0, 0.1) is 5.82 Å². The van der Waals surface area contributed by atoms with Crippen LogP contribution in [0.1, 0.15) is 11.1 Å². The Hall–Kier alpha value is -1.92. The number of sulfone groups is 1. The van der Waals surface area contributed by atoms with Gasteiger partial charge in [0.2, 0.25) is 0 Å². The zero-order valence-electron chi connectivity index (χ0n) is 11.5. The second-order valence-corrected chi connectivity index (χ2v) is 6.56. The number of methoxy groups -OCH3 is 1. The molecule has 2 N–H and O–H groups in total. The fraction of sp³-hybridized carbons (Fsp3) is 0.200. The minimum absolute atomic E-state index is 0.0267. The predicted octanol–water partition coefficient (Wildman–Crippen LogP) is 2.27. The van der Waals surface area contributed by atoms with Crippen molar-refractivity contribution in [1.29, 1.82) is 0 Å². The van der Waals surface area contributed by atoms with Gasteiger partial charge in [-0.25, -0.2) is 12.8 Å². The van der Waals surface area contributed by atoms with E-state index in [4.69, 9.17) is 10.5 Å². The molecule has 0 aliphatic heterocycles. The molecule has 6 heteroatoms. The van der Waals surface area contributed by atoms with E-state index in [1.54, 1.807) is 12.1 Å². The molecule has 0 spiro atoms. The van der Waals surface area contributed by atoms with Gasteiger partial charge in [0.1, 0.15) is 11.6 Å². The Morgan fingerprint density at radius 3 is 2.62 bits per heavy atom. The Bertz CT molecular complexity index is 744. The van der Waals surface area contributed by atoms with E-state index in [9.17, 15) is 12.8 Å². The lowest BCUT2D eigenvalue weighted by molar-refractivity contribution is 0.413. The SMILES string of the molecule is COc1cccc(S(=O)(=O)Cc2ccc(F)c(CN)c2)c1. The lowest BCUT2D eigenvalue weighted by Gasteiger charge is -2.08. The van der Waals surface area contributed by atoms with E-state index in [-0.39, 0.29) is 17.2 Å². The van der Waals surface area contributed by atoms with Gasteiger partial charge in [-0.1, -0.05) is 18.2 Å². The average Bonchev–Trinajstić information content (AvgIpc) is 2.49. The summed E-state index contributed by atoms with van der Waals surface area (Å²) in [6, 6.07) is 10.4. The van der Waals surface area contributed by atoms with Crippen LogP contribution in [0.5, 0.6) is 5.75 Å². The van der Waals surface area contributed by atoms with Crippen LogP contribution in [0.3, 0.4) is 0 Å². The van der Waals surface area contributed by atoms with Crippen molar-refractivity contribution >= 4 is 9.84 Å². The van der Waals surface area contributed by atoms with Crippen molar-refractivity contribution < 1.29 is 17.5 Å². The van der Waals surface area contributed by atoms with Crippen LogP contribution in [-0.2, 0) is 22.1 Å². The van der Waals surface area contributed by atoms with Gasteiger partial charge in [-0.3, -0.25) is 0 Å². The van der Waals surface area contributed by atoms with Gasteiger partial charge < -0.3 is 10.5 Å². The average molecular weight is 309 g/mol. The van der Waals surface area contributed by atoms with Gasteiger partial charge in [-0.2, -0.15) is 0 Å². The first-order valence-corrected chi connectivity index (χ1v) is 7.95. The maximum atomic E-state index is 13.4. The lowest BCUT2D eigenvalue weighted by Crippen LogP contribution is -2.07. The van der Waals surface area contributed by atoms with Crippen molar-refractivity contribution in [3.05, 3.63) is 59.4 Å². The molecule has 0 radical (unpaired) electrons. The zero-order chi connectivity index (χ0) is 15.5. The van der Waals surface area contributed by atoms with Crippen LogP contribution >= 0.6 is 0 Å². The van der Waals surface area contributed by atoms with Crippen LogP contribution in [0.2, 0.25) is 0 Å². The number of rotatable bonds is 5. The quantitative estimate of drug-likeness (QED) is 0.920. The third-order valence-corrected chi connectivity index (χ3v) is 4.77. The number of hydrogen-bond acceptors (Lipinski definition) is 4. The number of ether oxygens (including phenoxy) is 1. The first-order chi connectivity index (χ1) is 9.96. The fourth-order valence-electron chi connectivity index (χ4n) is 1.97. The van der Waals surface area contributed by atoms with Gasteiger partial charge in [0.05, 0.1) is 17.8 Å². The van der Waals surface area contributed by atoms with Crippen molar-refractivity contribution in [3.63, 3.8) is 0 Å². The molecule has 2 aromatic carbocycles. The van der Waals surface area contributed by atoms with E-state index < -0.39 is 15.7 Å². The summed E-state index contributed by atoms with van der Waals surface area (Å²) in [5, 5.41) is 0. The molecule has 0 saturated heterocycles. The molecule has 2 aromatic rings. The smallest absolute Gasteiger partial charge is 0.182 e. The van der Waals surface area contributed by atoms with Crippen LogP contribution in [0.15, 0.2) is 47.4 Å². The Morgan fingerprint density at radius 2 is 1.95 bits per heavy atom. The molecule has 4 nitrogen and oxygen atoms in total. The monoisotopic (exact) mass is 309 g/mol. The van der Waals surface area contributed by atoms with Gasteiger partial charge in [0, 0.05) is 12.1 Å². The van der Waals surface area contributed by atoms with Crippen molar-refractivity contribution in [1.82, 2.24) is 0 Å². The van der Waals surface area contributed by atoms with E-state index in [0.717, 1.165) is 0 Å². The number of benzene rings is 2. The highest BCUT2D eigenvalue weighted by atomic mass is 32.2. The second kappa shape index (κ2) is 6.24. The first kappa shape index (κ1) is 15.5. The Kier molecular flexibility index (Phi) is 4.59. The fourth-order valence-corrected chi connectivity index (χ4v) is 3.34. The van der Waals surface area contributed by atoms with E-state index in [2.05, 4.69) is 0 Å². The maximum absolute atomic E-state index is 13.4. The standard InChI is InChI=1S/C15H16FNO3S/c1-20-13-3-2-4-14(8-13)21(18,19)10-11-5-6-15(16)12(7-11)9-17/h2-8H,9-10,17H2,1H3. The van der Waals surface area contributed by atoms with Gasteiger partial charge in [-0.15, -0.1) is 0 Å². The summed E-state index contributed by atoms with van der Waals surface area (Å²) < 4.78 is 43.1. The predicted molar refractivity (Wildman–Crippen MR) is 78.2 cm³/mol. The molecule has 0 amide bonds. The topological polar surface area (TPSA) is 69.4 Å². The van der Waals surface area contributed by atoms with Crippen molar-refractivity contribution in [2.75, 3.05) is 7.11 Å². The summed E-state index contributed by atoms with van der Waals surface area (Å²) in [6.45, 7) is 0.0267. The molecular weight excluding hydrogens is 293 g/mol. The molecule has 0 bridgehead atoms. The number of hydrogen-bond donors (Lipinski definition) is 1. The van der Waals surface area contributed by atoms with Crippen LogP contribution in [0.4, 0.5) is 4.39 Å². The Morgan fingerprint density at radius 1 is 1.19 bits per heavy atom. The molecule has 21 heavy (non-hydrogen) atoms. The van der Waals surface area contributed by atoms with E-state index in [1.807, 2.05) is 0 Å². The third-order valence-electron chi connectivity index (χ3n) is 3.09. The summed E-state index contributed by atoms with van der Waals surface area (Å²) in [4.78, 5) is 0.167. The number of halogens is 1. The van der Waals surface area contributed by atoms with Crippen LogP contribution < -0.4 is 10.5 Å². The molecule has 0 heterocycles. The Labute approximate surface area is 123 Å². The molecule has 0 saturated carbocycles. The molecule has 0 aromatic heterocycles. The molecule has 0 fully saturated rings. The highest BCUT2D eigenvalue weighted by Gasteiger charge is 2.17. The summed E-state index contributed by atoms with van der Waals surface area (Å²) in [6.07, 6.45) is 0. The van der Waals surface area contributed by atoms with Crippen LogP contribution in [-0.4, -0.2) is 15.5 Å². The van der Waals surface area contributed by atoms with Gasteiger partial charge in [-0.05, 0) is 29.8 Å². The van der Waals surface area contributed by atoms with E-state index >= 15 is 0 Å². The summed E-state index contributed by atoms with van der Waals surface area (Å²) >= 11 is 0. The first-order valence-electron chi connectivity index (χ1n) is 6.30. The molecular formula is C15H16FNO3S. The maximum Gasteiger partial charge on any atom is 0.182 e. The minimum atomic E-state index is -3.53. The van der Waals surface area contributed by atoms with Crippen molar-refractivity contribution in [2.24, 2.45) is 5.73 Å². The highest BCUT2D eigenvalue weighted by molar-refractivity contribution is 7.90. The molecule has 2 rings (SSSR count). The molecule has 0 aliphatic rings. The second-order valence-electron chi connectivity index (χ2n) is 4.57. The van der Waals surface area contributed by atoms with E-state index in [1.165, 1.54) is 37.4 Å². The minimum Gasteiger partial charge on any atom is -0.497 e. The normalized spacial score (nSPS) is 11.4. The lowest BCUT2D eigenvalue weighted by atomic mass is 10.1. The molecule has 0 atom stereocenters. The van der Waals surface area contributed by atoms with Gasteiger partial charge >= 0.3 is 0 Å². The van der Waals surface area contributed by atoms with Gasteiger partial charge in [0.15, 0.2) is 9.84 Å². The highest BCUT2D eigenvalue weighted by Crippen LogP contribution is 2.22. The number of nitrogens with two attached hydrogens (primary N) is 1. The largest absolute Gasteiger partial charge is 0.497 e. The van der Waals surface area contributed by atoms with Crippen molar-refractivity contribution in [3.8, 4) is 5.75 Å². The summed E-state index contributed by atoms with van der Waals surface area (Å²) in [7, 11) is -2.06.